The molecule has 0 aliphatic carbocycles. The molecule has 0 aliphatic rings. The molecule has 0 spiro atoms. The summed E-state index contributed by atoms with van der Waals surface area (Å²) >= 11 is 0. The van der Waals surface area contributed by atoms with E-state index < -0.39 is 53.2 Å². The number of halogens is 6. The van der Waals surface area contributed by atoms with Crippen molar-refractivity contribution in [2.75, 3.05) is 0 Å². The standard InChI is InChI=1S/C30H27F6N5O2/c1-2-3-6-25(41-11-9-26(40-41)30(34,35)36)29(43)39-24(14-17-12-19(31)16-20(32)13-17)27-21(5-4-10-38-27)18-7-8-23(33)22(15-18)28(37)42/h4-5,7-13,15-16,24-25H,2-3,6,14H2,1H3,(H2,37,42)(H,39,43)/t24-,25-/m0/s1. The number of amides is 2. The molecule has 4 aromatic rings. The van der Waals surface area contributed by atoms with Crippen LogP contribution in [0.25, 0.3) is 11.1 Å². The van der Waals surface area contributed by atoms with E-state index in [1.54, 1.807) is 12.1 Å². The quantitative estimate of drug-likeness (QED) is 0.196. The molecule has 0 fully saturated rings. The SMILES string of the molecule is CCCC[C@@H](C(=O)N[C@@H](Cc1cc(F)cc(F)c1)c1ncccc1-c1ccc(F)c(C(N)=O)c1)n1ccc(C(F)(F)F)n1. The molecule has 2 atom stereocenters. The first-order valence-corrected chi connectivity index (χ1v) is 13.3. The van der Waals surface area contributed by atoms with E-state index in [9.17, 15) is 35.9 Å². The smallest absolute Gasteiger partial charge is 0.366 e. The Kier molecular flexibility index (Phi) is 9.52. The monoisotopic (exact) mass is 603 g/mol. The molecule has 2 heterocycles. The van der Waals surface area contributed by atoms with Gasteiger partial charge in [0.05, 0.1) is 17.3 Å². The molecule has 3 N–H and O–H groups in total. The van der Waals surface area contributed by atoms with E-state index in [0.717, 1.165) is 35.1 Å². The van der Waals surface area contributed by atoms with Crippen LogP contribution in [-0.4, -0.2) is 26.6 Å². The van der Waals surface area contributed by atoms with Gasteiger partial charge in [0.25, 0.3) is 5.91 Å². The number of unbranched alkanes of at least 4 members (excludes halogenated alkanes) is 1. The number of hydrogen-bond donors (Lipinski definition) is 2. The lowest BCUT2D eigenvalue weighted by Gasteiger charge is -2.25. The Bertz CT molecular complexity index is 1600. The molecule has 0 aliphatic heterocycles. The van der Waals surface area contributed by atoms with E-state index in [1.807, 2.05) is 6.92 Å². The summed E-state index contributed by atoms with van der Waals surface area (Å²) in [5, 5.41) is 6.36. The summed E-state index contributed by atoms with van der Waals surface area (Å²) < 4.78 is 83.2. The van der Waals surface area contributed by atoms with Gasteiger partial charge in [-0.05, 0) is 60.4 Å². The number of nitrogens with one attached hydrogen (secondary N) is 1. The zero-order valence-corrected chi connectivity index (χ0v) is 22.8. The topological polar surface area (TPSA) is 103 Å². The maximum absolute atomic E-state index is 14.2. The molecule has 0 radical (unpaired) electrons. The van der Waals surface area contributed by atoms with Crippen molar-refractivity contribution >= 4 is 11.8 Å². The highest BCUT2D eigenvalue weighted by molar-refractivity contribution is 5.94. The van der Waals surface area contributed by atoms with Gasteiger partial charge in [0.2, 0.25) is 5.91 Å². The minimum absolute atomic E-state index is 0.150. The summed E-state index contributed by atoms with van der Waals surface area (Å²) in [6, 6.07) is 8.14. The summed E-state index contributed by atoms with van der Waals surface area (Å²) in [6.45, 7) is 1.85. The van der Waals surface area contributed by atoms with Gasteiger partial charge >= 0.3 is 6.18 Å². The van der Waals surface area contributed by atoms with E-state index >= 15 is 0 Å². The van der Waals surface area contributed by atoms with Crippen molar-refractivity contribution < 1.29 is 35.9 Å². The van der Waals surface area contributed by atoms with Crippen molar-refractivity contribution in [3.05, 3.63) is 107 Å². The van der Waals surface area contributed by atoms with Crippen LogP contribution in [0.4, 0.5) is 26.3 Å². The molecule has 0 bridgehead atoms. The Labute approximate surface area is 242 Å². The molecular weight excluding hydrogens is 576 g/mol. The maximum atomic E-state index is 14.2. The predicted octanol–water partition coefficient (Wildman–Crippen LogP) is 6.31. The van der Waals surface area contributed by atoms with Crippen molar-refractivity contribution in [2.45, 2.75) is 50.9 Å². The van der Waals surface area contributed by atoms with Crippen LogP contribution in [0.15, 0.2) is 67.0 Å². The number of primary amides is 1. The Morgan fingerprint density at radius 2 is 1.74 bits per heavy atom. The molecule has 226 valence electrons. The third-order valence-corrected chi connectivity index (χ3v) is 6.74. The van der Waals surface area contributed by atoms with E-state index in [4.69, 9.17) is 5.73 Å². The van der Waals surface area contributed by atoms with Gasteiger partial charge in [-0.2, -0.15) is 18.3 Å². The maximum Gasteiger partial charge on any atom is 0.435 e. The van der Waals surface area contributed by atoms with E-state index in [1.165, 1.54) is 18.3 Å². The molecule has 0 saturated carbocycles. The molecule has 2 aromatic carbocycles. The second-order valence-electron chi connectivity index (χ2n) is 9.87. The Hall–Kier alpha value is -4.68. The number of carbonyl (C=O) groups is 2. The molecule has 2 aromatic heterocycles. The molecule has 43 heavy (non-hydrogen) atoms. The number of alkyl halides is 3. The molecule has 0 saturated heterocycles. The summed E-state index contributed by atoms with van der Waals surface area (Å²) in [7, 11) is 0. The first kappa shape index (κ1) is 31.3. The zero-order chi connectivity index (χ0) is 31.3. The number of aromatic nitrogens is 3. The van der Waals surface area contributed by atoms with Gasteiger partial charge in [-0.3, -0.25) is 19.3 Å². The molecule has 7 nitrogen and oxygen atoms in total. The number of carbonyl (C=O) groups excluding carboxylic acids is 2. The zero-order valence-electron chi connectivity index (χ0n) is 22.8. The molecule has 4 rings (SSSR count). The third-order valence-electron chi connectivity index (χ3n) is 6.74. The van der Waals surface area contributed by atoms with Gasteiger partial charge < -0.3 is 11.1 Å². The van der Waals surface area contributed by atoms with Crippen molar-refractivity contribution in [3.63, 3.8) is 0 Å². The van der Waals surface area contributed by atoms with Gasteiger partial charge in [0, 0.05) is 24.0 Å². The van der Waals surface area contributed by atoms with E-state index in [2.05, 4.69) is 15.4 Å². The minimum atomic E-state index is -4.72. The largest absolute Gasteiger partial charge is 0.435 e. The van der Waals surface area contributed by atoms with Gasteiger partial charge in [0.1, 0.15) is 23.5 Å². The van der Waals surface area contributed by atoms with Crippen LogP contribution in [0.2, 0.25) is 0 Å². The van der Waals surface area contributed by atoms with Crippen molar-refractivity contribution in [1.82, 2.24) is 20.1 Å². The first-order valence-electron chi connectivity index (χ1n) is 13.3. The van der Waals surface area contributed by atoms with E-state index in [0.29, 0.717) is 30.0 Å². The number of benzene rings is 2. The molecule has 0 unspecified atom stereocenters. The lowest BCUT2D eigenvalue weighted by Crippen LogP contribution is -2.37. The highest BCUT2D eigenvalue weighted by atomic mass is 19.4. The highest BCUT2D eigenvalue weighted by Gasteiger charge is 2.35. The fourth-order valence-corrected chi connectivity index (χ4v) is 4.71. The number of nitrogens with zero attached hydrogens (tertiary/aromatic N) is 3. The minimum Gasteiger partial charge on any atom is -0.366 e. The molecular formula is C30H27F6N5O2. The van der Waals surface area contributed by atoms with Crippen molar-refractivity contribution in [2.24, 2.45) is 5.73 Å². The lowest BCUT2D eigenvalue weighted by atomic mass is 9.94. The highest BCUT2D eigenvalue weighted by Crippen LogP contribution is 2.32. The third kappa shape index (κ3) is 7.59. The average molecular weight is 604 g/mol. The first-order chi connectivity index (χ1) is 20.4. The fraction of sp³-hybridized carbons (Fsp3) is 0.267. The van der Waals surface area contributed by atoms with Crippen molar-refractivity contribution in [1.29, 1.82) is 0 Å². The second kappa shape index (κ2) is 13.1. The van der Waals surface area contributed by atoms with Crippen LogP contribution in [0.3, 0.4) is 0 Å². The number of rotatable bonds is 11. The average Bonchev–Trinajstić information content (AvgIpc) is 3.43. The predicted molar refractivity (Wildman–Crippen MR) is 145 cm³/mol. The molecule has 2 amide bonds. The number of nitrogens with two attached hydrogens (primary N) is 1. The fourth-order valence-electron chi connectivity index (χ4n) is 4.71. The van der Waals surface area contributed by atoms with E-state index in [-0.39, 0.29) is 29.7 Å². The van der Waals surface area contributed by atoms with Gasteiger partial charge in [-0.1, -0.05) is 31.9 Å². The normalized spacial score (nSPS) is 13.0. The van der Waals surface area contributed by atoms with Crippen molar-refractivity contribution in [3.8, 4) is 11.1 Å². The summed E-state index contributed by atoms with van der Waals surface area (Å²) in [5.41, 5.74) is 4.75. The van der Waals surface area contributed by atoms with Crippen LogP contribution in [-0.2, 0) is 17.4 Å². The second-order valence-corrected chi connectivity index (χ2v) is 9.87. The van der Waals surface area contributed by atoms with Gasteiger partial charge in [0.15, 0.2) is 5.69 Å². The summed E-state index contributed by atoms with van der Waals surface area (Å²) in [6.07, 6.45) is -1.15. The summed E-state index contributed by atoms with van der Waals surface area (Å²) in [5.74, 6) is -4.29. The van der Waals surface area contributed by atoms with Gasteiger partial charge in [-0.15, -0.1) is 0 Å². The number of pyridine rings is 1. The van der Waals surface area contributed by atoms with Crippen LogP contribution in [0.5, 0.6) is 0 Å². The Morgan fingerprint density at radius 3 is 2.37 bits per heavy atom. The van der Waals surface area contributed by atoms with Crippen LogP contribution in [0.1, 0.15) is 65.6 Å². The summed E-state index contributed by atoms with van der Waals surface area (Å²) in [4.78, 5) is 29.9. The van der Waals surface area contributed by atoms with Crippen LogP contribution < -0.4 is 11.1 Å². The molecule has 13 heteroatoms. The number of hydrogen-bond acceptors (Lipinski definition) is 4. The van der Waals surface area contributed by atoms with Crippen LogP contribution >= 0.6 is 0 Å². The van der Waals surface area contributed by atoms with Gasteiger partial charge in [-0.25, -0.2) is 13.2 Å². The Balaban J connectivity index is 1.78. The Morgan fingerprint density at radius 1 is 1.02 bits per heavy atom. The lowest BCUT2D eigenvalue weighted by molar-refractivity contribution is -0.142. The van der Waals surface area contributed by atoms with Crippen LogP contribution in [0, 0.1) is 17.5 Å².